The molecule has 3 rings (SSSR count). The number of carboxylic acid groups (broad SMARTS) is 1. The van der Waals surface area contributed by atoms with Gasteiger partial charge in [0.15, 0.2) is 0 Å². The molecule has 4 nitrogen and oxygen atoms in total. The number of rotatable bonds is 3. The molecule has 4 heteroatoms. The molecule has 0 radical (unpaired) electrons. The molecule has 0 bridgehead atoms. The van der Waals surface area contributed by atoms with Crippen LogP contribution >= 0.6 is 0 Å². The van der Waals surface area contributed by atoms with Gasteiger partial charge in [0.05, 0.1) is 6.10 Å². The van der Waals surface area contributed by atoms with Crippen molar-refractivity contribution < 1.29 is 14.6 Å². The van der Waals surface area contributed by atoms with Crippen molar-refractivity contribution in [2.24, 2.45) is 5.92 Å². The Morgan fingerprint density at radius 2 is 2.05 bits per heavy atom. The highest BCUT2D eigenvalue weighted by Crippen LogP contribution is 2.42. The van der Waals surface area contributed by atoms with Gasteiger partial charge in [-0.1, -0.05) is 19.8 Å². The standard InChI is InChI=1S/C16H27NO3/c1-2-13-10-12(7-8-20-13)17-14-6-4-3-5-11(14)9-15(17)16(18)19/h11-15H,2-10H2,1H3,(H,18,19). The summed E-state index contributed by atoms with van der Waals surface area (Å²) in [6.07, 6.45) is 9.23. The highest BCUT2D eigenvalue weighted by atomic mass is 16.5. The van der Waals surface area contributed by atoms with Crippen LogP contribution in [0.2, 0.25) is 0 Å². The van der Waals surface area contributed by atoms with Crippen LogP contribution in [0, 0.1) is 5.92 Å². The van der Waals surface area contributed by atoms with Gasteiger partial charge >= 0.3 is 5.97 Å². The summed E-state index contributed by atoms with van der Waals surface area (Å²) in [4.78, 5) is 14.1. The Bertz CT molecular complexity index is 360. The summed E-state index contributed by atoms with van der Waals surface area (Å²) >= 11 is 0. The van der Waals surface area contributed by atoms with Crippen LogP contribution in [-0.2, 0) is 9.53 Å². The molecule has 0 spiro atoms. The Morgan fingerprint density at radius 3 is 2.80 bits per heavy atom. The van der Waals surface area contributed by atoms with Crippen LogP contribution in [0.25, 0.3) is 0 Å². The first-order valence-electron chi connectivity index (χ1n) is 8.32. The number of fused-ring (bicyclic) bond motifs is 1. The molecule has 0 aromatic heterocycles. The SMILES string of the molecule is CCC1CC(N2C(C(=O)O)CC3CCCCC32)CCO1. The largest absolute Gasteiger partial charge is 0.480 e. The highest BCUT2D eigenvalue weighted by Gasteiger charge is 2.48. The van der Waals surface area contributed by atoms with Gasteiger partial charge in [-0.25, -0.2) is 0 Å². The first-order chi connectivity index (χ1) is 9.70. The number of aliphatic carboxylic acids is 1. The van der Waals surface area contributed by atoms with Crippen molar-refractivity contribution in [1.29, 1.82) is 0 Å². The second kappa shape index (κ2) is 6.02. The molecule has 2 aliphatic heterocycles. The average Bonchev–Trinajstić information content (AvgIpc) is 2.87. The van der Waals surface area contributed by atoms with Gasteiger partial charge < -0.3 is 9.84 Å². The van der Waals surface area contributed by atoms with E-state index in [1.807, 2.05) is 0 Å². The Morgan fingerprint density at radius 1 is 1.25 bits per heavy atom. The lowest BCUT2D eigenvalue weighted by atomic mass is 9.84. The van der Waals surface area contributed by atoms with E-state index in [9.17, 15) is 9.90 Å². The molecule has 3 fully saturated rings. The maximum absolute atomic E-state index is 11.7. The second-order valence-corrected chi connectivity index (χ2v) is 6.73. The zero-order chi connectivity index (χ0) is 14.1. The van der Waals surface area contributed by atoms with E-state index >= 15 is 0 Å². The molecule has 20 heavy (non-hydrogen) atoms. The molecule has 3 aliphatic rings. The molecule has 1 aliphatic carbocycles. The van der Waals surface area contributed by atoms with Gasteiger partial charge in [0.25, 0.3) is 0 Å². The summed E-state index contributed by atoms with van der Waals surface area (Å²) in [5.41, 5.74) is 0. The molecule has 5 atom stereocenters. The molecule has 0 amide bonds. The Labute approximate surface area is 121 Å². The summed E-state index contributed by atoms with van der Waals surface area (Å²) in [5, 5.41) is 9.61. The fourth-order valence-electron chi connectivity index (χ4n) is 4.66. The van der Waals surface area contributed by atoms with Crippen LogP contribution in [-0.4, -0.2) is 46.8 Å². The van der Waals surface area contributed by atoms with E-state index in [0.29, 0.717) is 24.1 Å². The second-order valence-electron chi connectivity index (χ2n) is 6.73. The van der Waals surface area contributed by atoms with Crippen molar-refractivity contribution in [3.63, 3.8) is 0 Å². The molecule has 2 saturated heterocycles. The third kappa shape index (κ3) is 2.60. The van der Waals surface area contributed by atoms with Gasteiger partial charge in [-0.3, -0.25) is 9.69 Å². The van der Waals surface area contributed by atoms with Gasteiger partial charge in [0.1, 0.15) is 6.04 Å². The van der Waals surface area contributed by atoms with Crippen molar-refractivity contribution in [2.75, 3.05) is 6.61 Å². The molecule has 5 unspecified atom stereocenters. The van der Waals surface area contributed by atoms with Crippen LogP contribution < -0.4 is 0 Å². The topological polar surface area (TPSA) is 49.8 Å². The van der Waals surface area contributed by atoms with Crippen molar-refractivity contribution in [1.82, 2.24) is 4.90 Å². The summed E-state index contributed by atoms with van der Waals surface area (Å²) in [7, 11) is 0. The van der Waals surface area contributed by atoms with E-state index in [-0.39, 0.29) is 6.04 Å². The Balaban J connectivity index is 1.78. The van der Waals surface area contributed by atoms with Gasteiger partial charge in [0, 0.05) is 18.7 Å². The number of hydrogen-bond acceptors (Lipinski definition) is 3. The quantitative estimate of drug-likeness (QED) is 0.864. The number of likely N-dealkylation sites (tertiary alicyclic amines) is 1. The van der Waals surface area contributed by atoms with Crippen molar-refractivity contribution in [3.8, 4) is 0 Å². The minimum atomic E-state index is -0.612. The minimum Gasteiger partial charge on any atom is -0.480 e. The number of nitrogens with zero attached hydrogens (tertiary/aromatic N) is 1. The lowest BCUT2D eigenvalue weighted by Crippen LogP contribution is -2.51. The third-order valence-electron chi connectivity index (χ3n) is 5.64. The zero-order valence-corrected chi connectivity index (χ0v) is 12.5. The van der Waals surface area contributed by atoms with Gasteiger partial charge in [-0.2, -0.15) is 0 Å². The van der Waals surface area contributed by atoms with Crippen LogP contribution in [0.15, 0.2) is 0 Å². The van der Waals surface area contributed by atoms with E-state index in [1.165, 1.54) is 25.7 Å². The van der Waals surface area contributed by atoms with Crippen LogP contribution in [0.3, 0.4) is 0 Å². The van der Waals surface area contributed by atoms with E-state index in [0.717, 1.165) is 32.3 Å². The zero-order valence-electron chi connectivity index (χ0n) is 12.5. The number of carboxylic acids is 1. The minimum absolute atomic E-state index is 0.247. The van der Waals surface area contributed by atoms with Gasteiger partial charge in [-0.05, 0) is 44.4 Å². The number of carbonyl (C=O) groups is 1. The summed E-state index contributed by atoms with van der Waals surface area (Å²) in [6, 6.07) is 0.692. The molecular weight excluding hydrogens is 254 g/mol. The first kappa shape index (κ1) is 14.3. The lowest BCUT2D eigenvalue weighted by molar-refractivity contribution is -0.145. The van der Waals surface area contributed by atoms with Crippen molar-refractivity contribution >= 4 is 5.97 Å². The summed E-state index contributed by atoms with van der Waals surface area (Å²) in [6.45, 7) is 2.96. The molecular formula is C16H27NO3. The van der Waals surface area contributed by atoms with Gasteiger partial charge in [-0.15, -0.1) is 0 Å². The molecule has 2 heterocycles. The molecule has 114 valence electrons. The fourth-order valence-corrected chi connectivity index (χ4v) is 4.66. The Hall–Kier alpha value is -0.610. The van der Waals surface area contributed by atoms with Crippen molar-refractivity contribution in [2.45, 2.75) is 82.5 Å². The summed E-state index contributed by atoms with van der Waals surface area (Å²) in [5.74, 6) is 0.00621. The maximum atomic E-state index is 11.7. The van der Waals surface area contributed by atoms with Crippen LogP contribution in [0.1, 0.15) is 58.3 Å². The van der Waals surface area contributed by atoms with Crippen LogP contribution in [0.5, 0.6) is 0 Å². The molecule has 0 aromatic rings. The fraction of sp³-hybridized carbons (Fsp3) is 0.938. The first-order valence-corrected chi connectivity index (χ1v) is 8.32. The molecule has 1 saturated carbocycles. The highest BCUT2D eigenvalue weighted by molar-refractivity contribution is 5.74. The predicted octanol–water partition coefficient (Wildman–Crippen LogP) is 2.66. The number of ether oxygens (including phenoxy) is 1. The molecule has 0 aromatic carbocycles. The smallest absolute Gasteiger partial charge is 0.320 e. The average molecular weight is 281 g/mol. The Kier molecular flexibility index (Phi) is 4.32. The van der Waals surface area contributed by atoms with E-state index in [4.69, 9.17) is 4.74 Å². The lowest BCUT2D eigenvalue weighted by Gasteiger charge is -2.42. The molecule has 1 N–H and O–H groups in total. The van der Waals surface area contributed by atoms with E-state index in [2.05, 4.69) is 11.8 Å². The maximum Gasteiger partial charge on any atom is 0.320 e. The van der Waals surface area contributed by atoms with E-state index < -0.39 is 5.97 Å². The van der Waals surface area contributed by atoms with Crippen LogP contribution in [0.4, 0.5) is 0 Å². The number of hydrogen-bond donors (Lipinski definition) is 1. The van der Waals surface area contributed by atoms with Crippen molar-refractivity contribution in [3.05, 3.63) is 0 Å². The monoisotopic (exact) mass is 281 g/mol. The third-order valence-corrected chi connectivity index (χ3v) is 5.64. The predicted molar refractivity (Wildman–Crippen MR) is 76.7 cm³/mol. The van der Waals surface area contributed by atoms with E-state index in [1.54, 1.807) is 0 Å². The van der Waals surface area contributed by atoms with Gasteiger partial charge in [0.2, 0.25) is 0 Å². The normalized spacial score (nSPS) is 42.4. The summed E-state index contributed by atoms with van der Waals surface area (Å²) < 4.78 is 5.77.